The zero-order valence-electron chi connectivity index (χ0n) is 6.88. The number of benzene rings is 1. The summed E-state index contributed by atoms with van der Waals surface area (Å²) in [7, 11) is 1.59. The first kappa shape index (κ1) is 9.36. The molecule has 0 spiro atoms. The van der Waals surface area contributed by atoms with Crippen LogP contribution in [0.1, 0.15) is 5.56 Å². The molecule has 0 atom stereocenters. The van der Waals surface area contributed by atoms with Gasteiger partial charge < -0.3 is 9.84 Å². The van der Waals surface area contributed by atoms with Crippen molar-refractivity contribution >= 4 is 11.6 Å². The van der Waals surface area contributed by atoms with Crippen LogP contribution in [0.15, 0.2) is 18.2 Å². The monoisotopic (exact) mass is 186 g/mol. The maximum atomic E-state index is 8.75. The van der Waals surface area contributed by atoms with E-state index in [1.165, 1.54) is 0 Å². The first-order chi connectivity index (χ1) is 5.79. The van der Waals surface area contributed by atoms with E-state index in [0.29, 0.717) is 11.4 Å². The molecule has 12 heavy (non-hydrogen) atoms. The number of methoxy groups -OCH3 is 1. The van der Waals surface area contributed by atoms with Gasteiger partial charge in [0.25, 0.3) is 0 Å². The fourth-order valence-electron chi connectivity index (χ4n) is 1.08. The first-order valence-electron chi connectivity index (χ1n) is 3.72. The molecule has 0 aliphatic carbocycles. The summed E-state index contributed by atoms with van der Waals surface area (Å²) >= 11 is 5.90. The van der Waals surface area contributed by atoms with Crippen LogP contribution in [-0.4, -0.2) is 18.8 Å². The van der Waals surface area contributed by atoms with Gasteiger partial charge in [-0.2, -0.15) is 0 Å². The van der Waals surface area contributed by atoms with E-state index in [1.807, 2.05) is 12.1 Å². The quantitative estimate of drug-likeness (QED) is 0.781. The van der Waals surface area contributed by atoms with Crippen molar-refractivity contribution in [1.82, 2.24) is 0 Å². The second-order valence-electron chi connectivity index (χ2n) is 2.39. The van der Waals surface area contributed by atoms with Gasteiger partial charge in [-0.1, -0.05) is 17.7 Å². The normalized spacial score (nSPS) is 9.92. The summed E-state index contributed by atoms with van der Waals surface area (Å²) in [5.41, 5.74) is 0.865. The fraction of sp³-hybridized carbons (Fsp3) is 0.333. The van der Waals surface area contributed by atoms with Gasteiger partial charge in [-0.05, 0) is 12.1 Å². The van der Waals surface area contributed by atoms with Crippen molar-refractivity contribution in [2.75, 3.05) is 13.7 Å². The largest absolute Gasteiger partial charge is 0.496 e. The molecule has 0 aliphatic rings. The summed E-state index contributed by atoms with van der Waals surface area (Å²) in [4.78, 5) is 0. The van der Waals surface area contributed by atoms with Gasteiger partial charge in [0.2, 0.25) is 0 Å². The van der Waals surface area contributed by atoms with Gasteiger partial charge in [0, 0.05) is 23.6 Å². The van der Waals surface area contributed by atoms with Crippen LogP contribution in [0.4, 0.5) is 0 Å². The molecule has 0 unspecified atom stereocenters. The Hall–Kier alpha value is -0.730. The second kappa shape index (κ2) is 4.33. The Morgan fingerprint density at radius 1 is 1.50 bits per heavy atom. The van der Waals surface area contributed by atoms with Gasteiger partial charge in [-0.15, -0.1) is 0 Å². The Balaban J connectivity index is 3.02. The van der Waals surface area contributed by atoms with Gasteiger partial charge >= 0.3 is 0 Å². The zero-order chi connectivity index (χ0) is 8.97. The summed E-state index contributed by atoms with van der Waals surface area (Å²) in [6, 6.07) is 5.44. The summed E-state index contributed by atoms with van der Waals surface area (Å²) in [5.74, 6) is 0.733. The molecule has 0 bridgehead atoms. The van der Waals surface area contributed by atoms with Crippen LogP contribution < -0.4 is 4.74 Å². The van der Waals surface area contributed by atoms with E-state index in [0.717, 1.165) is 11.3 Å². The molecular weight excluding hydrogens is 176 g/mol. The number of halogens is 1. The van der Waals surface area contributed by atoms with Crippen molar-refractivity contribution in [3.8, 4) is 5.75 Å². The lowest BCUT2D eigenvalue weighted by Gasteiger charge is -2.08. The van der Waals surface area contributed by atoms with Gasteiger partial charge in [-0.3, -0.25) is 0 Å². The molecule has 0 saturated carbocycles. The van der Waals surface area contributed by atoms with E-state index in [4.69, 9.17) is 21.4 Å². The smallest absolute Gasteiger partial charge is 0.123 e. The Labute approximate surface area is 76.7 Å². The molecule has 66 valence electrons. The molecule has 1 aromatic carbocycles. The highest BCUT2D eigenvalue weighted by molar-refractivity contribution is 6.31. The highest BCUT2D eigenvalue weighted by Gasteiger charge is 2.05. The Morgan fingerprint density at radius 2 is 2.25 bits per heavy atom. The lowest BCUT2D eigenvalue weighted by atomic mass is 10.1. The van der Waals surface area contributed by atoms with E-state index in [9.17, 15) is 0 Å². The molecule has 0 aromatic heterocycles. The standard InChI is InChI=1S/C9H11ClO2/c1-12-9-4-2-3-8(10)7(9)5-6-11/h2-4,11H,5-6H2,1H3. The van der Waals surface area contributed by atoms with Crippen molar-refractivity contribution in [2.24, 2.45) is 0 Å². The Kier molecular flexibility index (Phi) is 3.38. The highest BCUT2D eigenvalue weighted by Crippen LogP contribution is 2.26. The summed E-state index contributed by atoms with van der Waals surface area (Å²) in [6.45, 7) is 0.0834. The third kappa shape index (κ3) is 1.90. The van der Waals surface area contributed by atoms with Crippen LogP contribution in [0.25, 0.3) is 0 Å². The van der Waals surface area contributed by atoms with Crippen molar-refractivity contribution < 1.29 is 9.84 Å². The van der Waals surface area contributed by atoms with Crippen LogP contribution in [-0.2, 0) is 6.42 Å². The second-order valence-corrected chi connectivity index (χ2v) is 2.80. The van der Waals surface area contributed by atoms with Gasteiger partial charge in [0.05, 0.1) is 7.11 Å². The van der Waals surface area contributed by atoms with Crippen LogP contribution in [0.2, 0.25) is 5.02 Å². The van der Waals surface area contributed by atoms with Gasteiger partial charge in [0.1, 0.15) is 5.75 Å². The predicted octanol–water partition coefficient (Wildman–Crippen LogP) is 1.88. The van der Waals surface area contributed by atoms with Gasteiger partial charge in [0.15, 0.2) is 0 Å². The number of aliphatic hydroxyl groups excluding tert-OH is 1. The molecule has 0 aliphatic heterocycles. The lowest BCUT2D eigenvalue weighted by Crippen LogP contribution is -1.96. The number of ether oxygens (including phenoxy) is 1. The number of hydrogen-bond donors (Lipinski definition) is 1. The molecule has 0 fully saturated rings. The minimum Gasteiger partial charge on any atom is -0.496 e. The topological polar surface area (TPSA) is 29.5 Å². The zero-order valence-corrected chi connectivity index (χ0v) is 7.64. The molecule has 0 amide bonds. The molecule has 0 saturated heterocycles. The highest BCUT2D eigenvalue weighted by atomic mass is 35.5. The number of hydrogen-bond acceptors (Lipinski definition) is 2. The molecule has 0 heterocycles. The molecular formula is C9H11ClO2. The van der Waals surface area contributed by atoms with Crippen LogP contribution >= 0.6 is 11.6 Å². The maximum Gasteiger partial charge on any atom is 0.123 e. The minimum absolute atomic E-state index is 0.0834. The van der Waals surface area contributed by atoms with Crippen LogP contribution in [0.5, 0.6) is 5.75 Å². The van der Waals surface area contributed by atoms with Crippen molar-refractivity contribution in [2.45, 2.75) is 6.42 Å². The van der Waals surface area contributed by atoms with E-state index < -0.39 is 0 Å². The fourth-order valence-corrected chi connectivity index (χ4v) is 1.34. The maximum absolute atomic E-state index is 8.75. The molecule has 1 rings (SSSR count). The lowest BCUT2D eigenvalue weighted by molar-refractivity contribution is 0.297. The molecule has 1 N–H and O–H groups in total. The summed E-state index contributed by atoms with van der Waals surface area (Å²) in [5, 5.41) is 9.39. The Bertz CT molecular complexity index is 261. The van der Waals surface area contributed by atoms with Gasteiger partial charge in [-0.25, -0.2) is 0 Å². The number of rotatable bonds is 3. The van der Waals surface area contributed by atoms with Crippen LogP contribution in [0, 0.1) is 0 Å². The molecule has 2 nitrogen and oxygen atoms in total. The summed E-state index contributed by atoms with van der Waals surface area (Å²) in [6.07, 6.45) is 0.531. The molecule has 0 radical (unpaired) electrons. The minimum atomic E-state index is 0.0834. The third-order valence-electron chi connectivity index (χ3n) is 1.66. The van der Waals surface area contributed by atoms with E-state index in [-0.39, 0.29) is 6.61 Å². The van der Waals surface area contributed by atoms with E-state index >= 15 is 0 Å². The summed E-state index contributed by atoms with van der Waals surface area (Å²) < 4.78 is 5.08. The average Bonchev–Trinajstić information content (AvgIpc) is 2.09. The first-order valence-corrected chi connectivity index (χ1v) is 4.09. The molecule has 3 heteroatoms. The third-order valence-corrected chi connectivity index (χ3v) is 2.01. The van der Waals surface area contributed by atoms with Crippen LogP contribution in [0.3, 0.4) is 0 Å². The predicted molar refractivity (Wildman–Crippen MR) is 48.8 cm³/mol. The molecule has 1 aromatic rings. The van der Waals surface area contributed by atoms with Crippen molar-refractivity contribution in [3.63, 3.8) is 0 Å². The Morgan fingerprint density at radius 3 is 2.83 bits per heavy atom. The van der Waals surface area contributed by atoms with E-state index in [1.54, 1.807) is 13.2 Å². The SMILES string of the molecule is COc1cccc(Cl)c1CCO. The van der Waals surface area contributed by atoms with Crippen molar-refractivity contribution in [3.05, 3.63) is 28.8 Å². The average molecular weight is 187 g/mol. The van der Waals surface area contributed by atoms with Crippen molar-refractivity contribution in [1.29, 1.82) is 0 Å². The number of aliphatic hydroxyl groups is 1. The van der Waals surface area contributed by atoms with E-state index in [2.05, 4.69) is 0 Å².